The SMILES string of the molecule is COc1ccc2nc(N3C(=O)C(=O)/C(=C(/O)c4cc(C)cc(Cl)c4OC)C3c3ccc(O)cc3)sc2c1. The van der Waals surface area contributed by atoms with E-state index in [-0.39, 0.29) is 32.8 Å². The summed E-state index contributed by atoms with van der Waals surface area (Å²) in [6.45, 7) is 1.79. The van der Waals surface area contributed by atoms with Gasteiger partial charge in [0.25, 0.3) is 5.78 Å². The summed E-state index contributed by atoms with van der Waals surface area (Å²) in [7, 11) is 2.96. The first-order valence-corrected chi connectivity index (χ1v) is 12.3. The fourth-order valence-electron chi connectivity index (χ4n) is 4.38. The van der Waals surface area contributed by atoms with Gasteiger partial charge < -0.3 is 19.7 Å². The van der Waals surface area contributed by atoms with E-state index in [0.29, 0.717) is 16.8 Å². The highest BCUT2D eigenvalue weighted by atomic mass is 35.5. The van der Waals surface area contributed by atoms with Gasteiger partial charge in [-0.1, -0.05) is 35.1 Å². The number of phenolic OH excluding ortho intramolecular Hbond substituents is 1. The number of anilines is 1. The van der Waals surface area contributed by atoms with E-state index >= 15 is 0 Å². The summed E-state index contributed by atoms with van der Waals surface area (Å²) in [4.78, 5) is 32.8. The molecular weight excluding hydrogens is 516 g/mol. The zero-order valence-corrected chi connectivity index (χ0v) is 21.6. The monoisotopic (exact) mass is 536 g/mol. The van der Waals surface area contributed by atoms with E-state index in [4.69, 9.17) is 21.1 Å². The summed E-state index contributed by atoms with van der Waals surface area (Å²) in [6, 6.07) is 13.7. The van der Waals surface area contributed by atoms with E-state index in [1.54, 1.807) is 56.5 Å². The molecule has 10 heteroatoms. The molecule has 1 fully saturated rings. The fraction of sp³-hybridized carbons (Fsp3) is 0.148. The summed E-state index contributed by atoms with van der Waals surface area (Å²) in [6.07, 6.45) is 0. The van der Waals surface area contributed by atoms with Gasteiger partial charge in [-0.2, -0.15) is 0 Å². The number of hydrogen-bond donors (Lipinski definition) is 2. The van der Waals surface area contributed by atoms with Crippen LogP contribution in [0.25, 0.3) is 16.0 Å². The number of ketones is 1. The molecule has 1 amide bonds. The molecule has 1 aliphatic rings. The minimum atomic E-state index is -1.02. The number of Topliss-reactive ketones (excluding diaryl/α,β-unsaturated/α-hetero) is 1. The number of phenols is 1. The summed E-state index contributed by atoms with van der Waals surface area (Å²) in [5.74, 6) is -1.34. The van der Waals surface area contributed by atoms with Crippen molar-refractivity contribution in [1.29, 1.82) is 0 Å². The van der Waals surface area contributed by atoms with Gasteiger partial charge in [-0.3, -0.25) is 14.5 Å². The van der Waals surface area contributed by atoms with E-state index in [0.717, 1.165) is 10.3 Å². The van der Waals surface area contributed by atoms with Gasteiger partial charge in [0.05, 0.1) is 46.6 Å². The van der Waals surface area contributed by atoms with Crippen LogP contribution in [0.5, 0.6) is 17.2 Å². The van der Waals surface area contributed by atoms with Crippen molar-refractivity contribution in [2.75, 3.05) is 19.1 Å². The highest BCUT2D eigenvalue weighted by molar-refractivity contribution is 7.22. The Kier molecular flexibility index (Phi) is 6.26. The molecule has 5 rings (SSSR count). The Bertz CT molecular complexity index is 1590. The Morgan fingerprint density at radius 2 is 1.78 bits per heavy atom. The number of aliphatic hydroxyl groups is 1. The van der Waals surface area contributed by atoms with E-state index in [1.165, 1.54) is 35.5 Å². The first kappa shape index (κ1) is 24.6. The fourth-order valence-corrected chi connectivity index (χ4v) is 5.75. The minimum absolute atomic E-state index is 0.0138. The van der Waals surface area contributed by atoms with Crippen LogP contribution in [-0.4, -0.2) is 41.1 Å². The van der Waals surface area contributed by atoms with Crippen molar-refractivity contribution in [2.45, 2.75) is 13.0 Å². The maximum absolute atomic E-state index is 13.5. The Morgan fingerprint density at radius 1 is 1.05 bits per heavy atom. The molecule has 1 aromatic heterocycles. The molecule has 2 N–H and O–H groups in total. The molecule has 1 atom stereocenters. The molecule has 3 aromatic carbocycles. The minimum Gasteiger partial charge on any atom is -0.508 e. The standard InChI is InChI=1S/C27H21ClN2O6S/c1-13-10-17(25(36-3)18(28)11-13)23(32)21-22(14-4-6-15(31)7-5-14)30(26(34)24(21)33)27-29-19-9-8-16(35-2)12-20(19)37-27/h4-12,22,31-32H,1-3H3/b23-21+. The quantitative estimate of drug-likeness (QED) is 0.194. The number of rotatable bonds is 5. The van der Waals surface area contributed by atoms with Crippen LogP contribution in [0, 0.1) is 6.92 Å². The van der Waals surface area contributed by atoms with Gasteiger partial charge in [0, 0.05) is 0 Å². The number of hydrogen-bond acceptors (Lipinski definition) is 8. The number of aromatic nitrogens is 1. The third-order valence-corrected chi connectivity index (χ3v) is 7.39. The van der Waals surface area contributed by atoms with Crippen LogP contribution in [0.15, 0.2) is 60.2 Å². The van der Waals surface area contributed by atoms with Crippen molar-refractivity contribution in [3.63, 3.8) is 0 Å². The van der Waals surface area contributed by atoms with Crippen LogP contribution in [0.3, 0.4) is 0 Å². The third-order valence-electron chi connectivity index (χ3n) is 6.09. The van der Waals surface area contributed by atoms with Crippen molar-refractivity contribution in [1.82, 2.24) is 4.98 Å². The maximum atomic E-state index is 13.5. The van der Waals surface area contributed by atoms with Crippen LogP contribution in [0.4, 0.5) is 5.13 Å². The molecule has 0 radical (unpaired) electrons. The normalized spacial score (nSPS) is 17.0. The van der Waals surface area contributed by atoms with Gasteiger partial charge in [-0.25, -0.2) is 4.98 Å². The van der Waals surface area contributed by atoms with Crippen LogP contribution >= 0.6 is 22.9 Å². The Hall–Kier alpha value is -4.08. The smallest absolute Gasteiger partial charge is 0.301 e. The number of aryl methyl sites for hydroxylation is 1. The highest BCUT2D eigenvalue weighted by Gasteiger charge is 2.48. The number of aromatic hydroxyl groups is 1. The second-order valence-electron chi connectivity index (χ2n) is 8.42. The second kappa shape index (κ2) is 9.42. The molecule has 1 unspecified atom stereocenters. The van der Waals surface area contributed by atoms with Gasteiger partial charge >= 0.3 is 5.91 Å². The van der Waals surface area contributed by atoms with Crippen LogP contribution < -0.4 is 14.4 Å². The predicted molar refractivity (Wildman–Crippen MR) is 142 cm³/mol. The molecule has 8 nitrogen and oxygen atoms in total. The van der Waals surface area contributed by atoms with Crippen molar-refractivity contribution in [3.8, 4) is 17.2 Å². The number of carbonyl (C=O) groups excluding carboxylic acids is 2. The van der Waals surface area contributed by atoms with Gasteiger partial charge in [0.15, 0.2) is 5.13 Å². The molecule has 0 aliphatic carbocycles. The van der Waals surface area contributed by atoms with E-state index in [2.05, 4.69) is 4.98 Å². The number of amides is 1. The Labute approximate surface area is 221 Å². The van der Waals surface area contributed by atoms with E-state index in [9.17, 15) is 19.8 Å². The van der Waals surface area contributed by atoms with Crippen LogP contribution in [0.2, 0.25) is 5.02 Å². The molecule has 4 aromatic rings. The van der Waals surface area contributed by atoms with E-state index < -0.39 is 23.5 Å². The van der Waals surface area contributed by atoms with Crippen molar-refractivity contribution >= 4 is 55.7 Å². The third kappa shape index (κ3) is 4.16. The number of ether oxygens (including phenoxy) is 2. The number of nitrogens with zero attached hydrogens (tertiary/aromatic N) is 2. The van der Waals surface area contributed by atoms with Crippen molar-refractivity contribution in [3.05, 3.63) is 81.9 Å². The van der Waals surface area contributed by atoms with Gasteiger partial charge in [0.2, 0.25) is 0 Å². The number of carbonyl (C=O) groups is 2. The number of methoxy groups -OCH3 is 2. The summed E-state index contributed by atoms with van der Waals surface area (Å²) < 4.78 is 11.5. The molecule has 0 bridgehead atoms. The number of aliphatic hydroxyl groups excluding tert-OH is 1. The highest BCUT2D eigenvalue weighted by Crippen LogP contribution is 2.46. The Balaban J connectivity index is 1.76. The molecule has 188 valence electrons. The lowest BCUT2D eigenvalue weighted by molar-refractivity contribution is -0.132. The van der Waals surface area contributed by atoms with Crippen molar-refractivity contribution in [2.24, 2.45) is 0 Å². The first-order chi connectivity index (χ1) is 17.7. The van der Waals surface area contributed by atoms with Crippen LogP contribution in [0.1, 0.15) is 22.7 Å². The molecule has 1 aliphatic heterocycles. The summed E-state index contributed by atoms with van der Waals surface area (Å²) in [5, 5.41) is 21.9. The first-order valence-electron chi connectivity index (χ1n) is 11.1. The van der Waals surface area contributed by atoms with Crippen LogP contribution in [-0.2, 0) is 9.59 Å². The molecular formula is C27H21ClN2O6S. The zero-order valence-electron chi connectivity index (χ0n) is 20.0. The number of halogens is 1. The molecule has 1 saturated heterocycles. The number of benzene rings is 3. The zero-order chi connectivity index (χ0) is 26.4. The Morgan fingerprint density at radius 3 is 2.46 bits per heavy atom. The second-order valence-corrected chi connectivity index (χ2v) is 9.83. The summed E-state index contributed by atoms with van der Waals surface area (Å²) in [5.41, 5.74) is 1.88. The maximum Gasteiger partial charge on any atom is 0.301 e. The molecule has 37 heavy (non-hydrogen) atoms. The lowest BCUT2D eigenvalue weighted by Gasteiger charge is -2.23. The molecule has 2 heterocycles. The van der Waals surface area contributed by atoms with Gasteiger partial charge in [-0.05, 0) is 60.5 Å². The lowest BCUT2D eigenvalue weighted by atomic mass is 9.94. The van der Waals surface area contributed by atoms with E-state index in [1.807, 2.05) is 0 Å². The number of thiazole rings is 1. The summed E-state index contributed by atoms with van der Waals surface area (Å²) >= 11 is 7.56. The van der Waals surface area contributed by atoms with Gasteiger partial charge in [-0.15, -0.1) is 0 Å². The lowest BCUT2D eigenvalue weighted by Crippen LogP contribution is -2.29. The van der Waals surface area contributed by atoms with Crippen molar-refractivity contribution < 1.29 is 29.3 Å². The van der Waals surface area contributed by atoms with Gasteiger partial charge in [0.1, 0.15) is 23.0 Å². The predicted octanol–water partition coefficient (Wildman–Crippen LogP) is 5.61. The molecule has 0 spiro atoms. The topological polar surface area (TPSA) is 109 Å². The average molecular weight is 537 g/mol. The number of fused-ring (bicyclic) bond motifs is 1. The average Bonchev–Trinajstić information content (AvgIpc) is 3.41. The largest absolute Gasteiger partial charge is 0.508 e. The molecule has 0 saturated carbocycles.